The van der Waals surface area contributed by atoms with Crippen molar-refractivity contribution in [1.29, 1.82) is 0 Å². The third-order valence-corrected chi connectivity index (χ3v) is 2.30. The molecule has 2 aliphatic heterocycles. The highest BCUT2D eigenvalue weighted by Crippen LogP contribution is 2.17. The molecule has 0 fully saturated rings. The molecule has 0 saturated heterocycles. The fourth-order valence-corrected chi connectivity index (χ4v) is 1.58. The van der Waals surface area contributed by atoms with Crippen LogP contribution in [-0.2, 0) is 4.79 Å². The lowest BCUT2D eigenvalue weighted by atomic mass is 10.1. The van der Waals surface area contributed by atoms with Crippen LogP contribution >= 0.6 is 0 Å². The largest absolute Gasteiger partial charge is 0.350 e. The van der Waals surface area contributed by atoms with Crippen molar-refractivity contribution >= 4 is 18.5 Å². The Morgan fingerprint density at radius 3 is 3.08 bits per heavy atom. The summed E-state index contributed by atoms with van der Waals surface area (Å²) in [4.78, 5) is 17.5. The molecule has 13 heavy (non-hydrogen) atoms. The van der Waals surface area contributed by atoms with Crippen molar-refractivity contribution in [2.24, 2.45) is 10.1 Å². The summed E-state index contributed by atoms with van der Waals surface area (Å²) in [5, 5.41) is 3.79. The van der Waals surface area contributed by atoms with E-state index >= 15 is 0 Å². The molecule has 0 bridgehead atoms. The second-order valence-electron chi connectivity index (χ2n) is 3.50. The predicted octanol–water partition coefficient (Wildman–Crippen LogP) is -0.409. The molecule has 1 N–H and O–H groups in total. The zero-order valence-electron chi connectivity index (χ0n) is 7.64. The molecule has 0 aromatic carbocycles. The zero-order valence-corrected chi connectivity index (χ0v) is 7.64. The molecule has 1 amide bonds. The van der Waals surface area contributed by atoms with Crippen molar-refractivity contribution in [2.75, 3.05) is 0 Å². The number of amides is 1. The number of carbonyl (C=O) groups excluding carboxylic acids is 1. The maximum Gasteiger partial charge on any atom is 0.267 e. The van der Waals surface area contributed by atoms with Gasteiger partial charge < -0.3 is 4.90 Å². The van der Waals surface area contributed by atoms with Crippen LogP contribution in [0.25, 0.3) is 0 Å². The number of fused-ring (bicyclic) bond motifs is 1. The minimum Gasteiger partial charge on any atom is -0.350 e. The van der Waals surface area contributed by atoms with Gasteiger partial charge >= 0.3 is 0 Å². The maximum absolute atomic E-state index is 11.3. The van der Waals surface area contributed by atoms with E-state index in [-0.39, 0.29) is 18.0 Å². The number of carbonyl (C=O) groups is 1. The van der Waals surface area contributed by atoms with Crippen LogP contribution < -0.4 is 5.43 Å². The topological polar surface area (TPSA) is 57.1 Å². The van der Waals surface area contributed by atoms with Gasteiger partial charge in [0.25, 0.3) is 5.91 Å². The Kier molecular flexibility index (Phi) is 1.79. The Labute approximate surface area is 76.5 Å². The molecule has 2 unspecified atom stereocenters. The Bertz CT molecular complexity index is 284. The SMILES string of the molecule is CC(C)N1C=NC2C(=O)NN=CC21. The van der Waals surface area contributed by atoms with Gasteiger partial charge in [-0.05, 0) is 13.8 Å². The summed E-state index contributed by atoms with van der Waals surface area (Å²) in [5.74, 6) is -0.119. The van der Waals surface area contributed by atoms with Crippen molar-refractivity contribution < 1.29 is 4.79 Å². The molecule has 2 aliphatic rings. The van der Waals surface area contributed by atoms with E-state index in [2.05, 4.69) is 29.4 Å². The normalized spacial score (nSPS) is 31.0. The summed E-state index contributed by atoms with van der Waals surface area (Å²) < 4.78 is 0. The minimum atomic E-state index is -0.306. The van der Waals surface area contributed by atoms with Gasteiger partial charge in [0.15, 0.2) is 6.04 Å². The lowest BCUT2D eigenvalue weighted by Crippen LogP contribution is -2.50. The molecule has 2 heterocycles. The lowest BCUT2D eigenvalue weighted by Gasteiger charge is -2.29. The Morgan fingerprint density at radius 1 is 1.62 bits per heavy atom. The number of hydrazone groups is 1. The number of rotatable bonds is 1. The van der Waals surface area contributed by atoms with Gasteiger partial charge in [-0.2, -0.15) is 5.10 Å². The fraction of sp³-hybridized carbons (Fsp3) is 0.625. The average Bonchev–Trinajstić information content (AvgIpc) is 2.48. The number of nitrogens with zero attached hydrogens (tertiary/aromatic N) is 3. The number of nitrogens with one attached hydrogen (secondary N) is 1. The van der Waals surface area contributed by atoms with Gasteiger partial charge in [-0.3, -0.25) is 9.79 Å². The molecular formula is C8H12N4O. The van der Waals surface area contributed by atoms with Crippen LogP contribution in [0.3, 0.4) is 0 Å². The molecule has 0 aromatic heterocycles. The summed E-state index contributed by atoms with van der Waals surface area (Å²) >= 11 is 0. The van der Waals surface area contributed by atoms with Crippen LogP contribution in [0.1, 0.15) is 13.8 Å². The summed E-state index contributed by atoms with van der Waals surface area (Å²) in [6, 6.07) is 0.0461. The Morgan fingerprint density at radius 2 is 2.38 bits per heavy atom. The first-order valence-electron chi connectivity index (χ1n) is 4.34. The van der Waals surface area contributed by atoms with Crippen LogP contribution in [-0.4, -0.2) is 41.5 Å². The quantitative estimate of drug-likeness (QED) is 0.596. The summed E-state index contributed by atoms with van der Waals surface area (Å²) in [5.41, 5.74) is 2.40. The fourth-order valence-electron chi connectivity index (χ4n) is 1.58. The van der Waals surface area contributed by atoms with E-state index in [1.54, 1.807) is 12.6 Å². The van der Waals surface area contributed by atoms with Crippen LogP contribution in [0.15, 0.2) is 10.1 Å². The first-order chi connectivity index (χ1) is 6.20. The van der Waals surface area contributed by atoms with E-state index in [1.165, 1.54) is 0 Å². The number of aliphatic imine (C=N–C) groups is 1. The van der Waals surface area contributed by atoms with E-state index in [0.717, 1.165) is 0 Å². The van der Waals surface area contributed by atoms with E-state index < -0.39 is 0 Å². The third kappa shape index (κ3) is 1.20. The highest BCUT2D eigenvalue weighted by atomic mass is 16.2. The molecule has 2 rings (SSSR count). The van der Waals surface area contributed by atoms with Gasteiger partial charge in [0.1, 0.15) is 0 Å². The van der Waals surface area contributed by atoms with Gasteiger partial charge in [-0.1, -0.05) is 0 Å². The van der Waals surface area contributed by atoms with E-state index in [9.17, 15) is 4.79 Å². The molecule has 5 nitrogen and oxygen atoms in total. The first-order valence-corrected chi connectivity index (χ1v) is 4.34. The van der Waals surface area contributed by atoms with Gasteiger partial charge in [0.2, 0.25) is 0 Å². The molecule has 2 atom stereocenters. The van der Waals surface area contributed by atoms with Crippen LogP contribution in [0.4, 0.5) is 0 Å². The molecule has 0 spiro atoms. The summed E-state index contributed by atoms with van der Waals surface area (Å²) in [7, 11) is 0. The molecule has 5 heteroatoms. The van der Waals surface area contributed by atoms with Crippen LogP contribution in [0.5, 0.6) is 0 Å². The molecule has 0 radical (unpaired) electrons. The monoisotopic (exact) mass is 180 g/mol. The van der Waals surface area contributed by atoms with Crippen molar-refractivity contribution in [3.63, 3.8) is 0 Å². The molecular weight excluding hydrogens is 168 g/mol. The molecule has 0 aromatic rings. The highest BCUT2D eigenvalue weighted by molar-refractivity contribution is 5.94. The average molecular weight is 180 g/mol. The van der Waals surface area contributed by atoms with E-state index in [0.29, 0.717) is 6.04 Å². The standard InChI is InChI=1S/C8H12N4O/c1-5(2)12-4-9-7-6(12)3-10-11-8(7)13/h3-7H,1-2H3,(H,11,13). The molecule has 70 valence electrons. The van der Waals surface area contributed by atoms with Crippen molar-refractivity contribution in [2.45, 2.75) is 32.0 Å². The Balaban J connectivity index is 2.23. The number of hydrogen-bond donors (Lipinski definition) is 1. The second-order valence-corrected chi connectivity index (χ2v) is 3.50. The second kappa shape index (κ2) is 2.83. The number of hydrogen-bond acceptors (Lipinski definition) is 4. The van der Waals surface area contributed by atoms with Crippen molar-refractivity contribution in [1.82, 2.24) is 10.3 Å². The summed E-state index contributed by atoms with van der Waals surface area (Å²) in [6.07, 6.45) is 3.47. The van der Waals surface area contributed by atoms with Crippen molar-refractivity contribution in [3.8, 4) is 0 Å². The van der Waals surface area contributed by atoms with Gasteiger partial charge in [-0.25, -0.2) is 5.43 Å². The highest BCUT2D eigenvalue weighted by Gasteiger charge is 2.37. The van der Waals surface area contributed by atoms with E-state index in [4.69, 9.17) is 0 Å². The lowest BCUT2D eigenvalue weighted by molar-refractivity contribution is -0.123. The smallest absolute Gasteiger partial charge is 0.267 e. The van der Waals surface area contributed by atoms with Gasteiger partial charge in [0.05, 0.1) is 18.6 Å². The summed E-state index contributed by atoms with van der Waals surface area (Å²) in [6.45, 7) is 4.13. The van der Waals surface area contributed by atoms with E-state index in [1.807, 2.05) is 4.90 Å². The molecule has 0 aliphatic carbocycles. The van der Waals surface area contributed by atoms with Crippen molar-refractivity contribution in [3.05, 3.63) is 0 Å². The Hall–Kier alpha value is -1.39. The van der Waals surface area contributed by atoms with Gasteiger partial charge in [-0.15, -0.1) is 0 Å². The first kappa shape index (κ1) is 8.22. The zero-order chi connectivity index (χ0) is 9.42. The van der Waals surface area contributed by atoms with Crippen LogP contribution in [0, 0.1) is 0 Å². The minimum absolute atomic E-state index is 0.00810. The predicted molar refractivity (Wildman–Crippen MR) is 49.7 cm³/mol. The molecule has 0 saturated carbocycles. The maximum atomic E-state index is 11.3. The van der Waals surface area contributed by atoms with Gasteiger partial charge in [0, 0.05) is 6.04 Å². The third-order valence-electron chi connectivity index (χ3n) is 2.30. The van der Waals surface area contributed by atoms with Crippen LogP contribution in [0.2, 0.25) is 0 Å².